The monoisotopic (exact) mass is 286 g/mol. The summed E-state index contributed by atoms with van der Waals surface area (Å²) < 4.78 is 0. The van der Waals surface area contributed by atoms with Gasteiger partial charge in [-0.2, -0.15) is 0 Å². The van der Waals surface area contributed by atoms with E-state index in [1.54, 1.807) is 0 Å². The summed E-state index contributed by atoms with van der Waals surface area (Å²) in [4.78, 5) is 24.1. The van der Waals surface area contributed by atoms with Gasteiger partial charge in [-0.1, -0.05) is 43.9 Å². The van der Waals surface area contributed by atoms with E-state index in [1.165, 1.54) is 25.7 Å². The SMILES string of the molecule is O=C1CC(C(=O)NCCC2CCCC2)c2ccccc2N1. The summed E-state index contributed by atoms with van der Waals surface area (Å²) in [7, 11) is 0. The predicted octanol–water partition coefficient (Wildman–Crippen LogP) is 2.81. The normalized spacial score (nSPS) is 21.7. The van der Waals surface area contributed by atoms with Crippen LogP contribution >= 0.6 is 0 Å². The third kappa shape index (κ3) is 3.26. The Kier molecular flexibility index (Phi) is 4.23. The Morgan fingerprint density at radius 2 is 2.00 bits per heavy atom. The fraction of sp³-hybridized carbons (Fsp3) is 0.529. The highest BCUT2D eigenvalue weighted by Gasteiger charge is 2.30. The van der Waals surface area contributed by atoms with Crippen molar-refractivity contribution in [2.24, 2.45) is 5.92 Å². The number of carbonyl (C=O) groups excluding carboxylic acids is 2. The van der Waals surface area contributed by atoms with Gasteiger partial charge in [0.2, 0.25) is 11.8 Å². The molecule has 2 N–H and O–H groups in total. The second-order valence-electron chi connectivity index (χ2n) is 6.12. The minimum atomic E-state index is -0.349. The van der Waals surface area contributed by atoms with Crippen LogP contribution in [0.15, 0.2) is 24.3 Å². The van der Waals surface area contributed by atoms with E-state index in [-0.39, 0.29) is 24.2 Å². The first-order valence-electron chi connectivity index (χ1n) is 7.90. The molecular weight excluding hydrogens is 264 g/mol. The molecule has 112 valence electrons. The fourth-order valence-corrected chi connectivity index (χ4v) is 3.47. The van der Waals surface area contributed by atoms with Gasteiger partial charge in [0.1, 0.15) is 0 Å². The molecular formula is C17H22N2O2. The Bertz CT molecular complexity index is 535. The maximum absolute atomic E-state index is 12.4. The molecule has 0 radical (unpaired) electrons. The standard InChI is InChI=1S/C17H22N2O2/c20-16-11-14(13-7-3-4-8-15(13)19-16)17(21)18-10-9-12-5-1-2-6-12/h3-4,7-8,12,14H,1-2,5-6,9-11H2,(H,18,21)(H,19,20). The van der Waals surface area contributed by atoms with Crippen molar-refractivity contribution < 1.29 is 9.59 Å². The van der Waals surface area contributed by atoms with Crippen LogP contribution in [0.25, 0.3) is 0 Å². The van der Waals surface area contributed by atoms with Gasteiger partial charge in [-0.15, -0.1) is 0 Å². The maximum Gasteiger partial charge on any atom is 0.228 e. The molecule has 0 spiro atoms. The smallest absolute Gasteiger partial charge is 0.228 e. The molecule has 21 heavy (non-hydrogen) atoms. The zero-order valence-electron chi connectivity index (χ0n) is 12.2. The number of para-hydroxylation sites is 1. The van der Waals surface area contributed by atoms with E-state index < -0.39 is 0 Å². The second-order valence-corrected chi connectivity index (χ2v) is 6.12. The number of hydrogen-bond donors (Lipinski definition) is 2. The fourth-order valence-electron chi connectivity index (χ4n) is 3.47. The van der Waals surface area contributed by atoms with Crippen LogP contribution in [0.2, 0.25) is 0 Å². The molecule has 1 fully saturated rings. The largest absolute Gasteiger partial charge is 0.356 e. The lowest BCUT2D eigenvalue weighted by atomic mass is 9.89. The second kappa shape index (κ2) is 6.29. The first kappa shape index (κ1) is 14.1. The zero-order chi connectivity index (χ0) is 14.7. The average Bonchev–Trinajstić information content (AvgIpc) is 2.99. The lowest BCUT2D eigenvalue weighted by Gasteiger charge is -2.25. The molecule has 1 aromatic rings. The highest BCUT2D eigenvalue weighted by molar-refractivity contribution is 6.01. The number of fused-ring (bicyclic) bond motifs is 1. The summed E-state index contributed by atoms with van der Waals surface area (Å²) in [6.45, 7) is 0.726. The summed E-state index contributed by atoms with van der Waals surface area (Å²) in [5.74, 6) is 0.325. The van der Waals surface area contributed by atoms with Gasteiger partial charge < -0.3 is 10.6 Å². The Morgan fingerprint density at radius 1 is 1.24 bits per heavy atom. The molecule has 1 unspecified atom stereocenters. The van der Waals surface area contributed by atoms with Gasteiger partial charge >= 0.3 is 0 Å². The molecule has 0 aromatic heterocycles. The van der Waals surface area contributed by atoms with Crippen LogP contribution in [0.3, 0.4) is 0 Å². The number of anilines is 1. The van der Waals surface area contributed by atoms with Gasteiger partial charge in [0.05, 0.1) is 5.92 Å². The number of hydrogen-bond acceptors (Lipinski definition) is 2. The van der Waals surface area contributed by atoms with Gasteiger partial charge in [-0.3, -0.25) is 9.59 Å². The van der Waals surface area contributed by atoms with Crippen molar-refractivity contribution in [3.8, 4) is 0 Å². The van der Waals surface area contributed by atoms with Gasteiger partial charge in [-0.25, -0.2) is 0 Å². The molecule has 2 amide bonds. The van der Waals surface area contributed by atoms with Crippen LogP contribution in [-0.2, 0) is 9.59 Å². The first-order valence-corrected chi connectivity index (χ1v) is 7.90. The molecule has 1 aliphatic carbocycles. The topological polar surface area (TPSA) is 58.2 Å². The number of amides is 2. The van der Waals surface area contributed by atoms with Crippen LogP contribution in [0.1, 0.15) is 50.0 Å². The van der Waals surface area contributed by atoms with Crippen LogP contribution in [-0.4, -0.2) is 18.4 Å². The molecule has 0 bridgehead atoms. The lowest BCUT2D eigenvalue weighted by Crippen LogP contribution is -2.35. The number of carbonyl (C=O) groups is 2. The van der Waals surface area contributed by atoms with Crippen LogP contribution in [0, 0.1) is 5.92 Å². The Morgan fingerprint density at radius 3 is 2.81 bits per heavy atom. The third-order valence-corrected chi connectivity index (χ3v) is 4.64. The van der Waals surface area contributed by atoms with Crippen LogP contribution in [0.5, 0.6) is 0 Å². The van der Waals surface area contributed by atoms with E-state index in [0.29, 0.717) is 0 Å². The summed E-state index contributed by atoms with van der Waals surface area (Å²) in [6.07, 6.45) is 6.55. The molecule has 1 heterocycles. The Labute approximate surface area is 125 Å². The van der Waals surface area contributed by atoms with Crippen molar-refractivity contribution in [2.45, 2.75) is 44.4 Å². The zero-order valence-corrected chi connectivity index (χ0v) is 12.2. The van der Waals surface area contributed by atoms with E-state index in [0.717, 1.165) is 30.1 Å². The highest BCUT2D eigenvalue weighted by atomic mass is 16.2. The quantitative estimate of drug-likeness (QED) is 0.894. The van der Waals surface area contributed by atoms with Crippen molar-refractivity contribution in [3.63, 3.8) is 0 Å². The van der Waals surface area contributed by atoms with E-state index in [1.807, 2.05) is 24.3 Å². The van der Waals surface area contributed by atoms with Crippen LogP contribution in [0.4, 0.5) is 5.69 Å². The van der Waals surface area contributed by atoms with Crippen molar-refractivity contribution in [1.82, 2.24) is 5.32 Å². The van der Waals surface area contributed by atoms with E-state index in [9.17, 15) is 9.59 Å². The molecule has 4 nitrogen and oxygen atoms in total. The highest BCUT2D eigenvalue weighted by Crippen LogP contribution is 2.32. The van der Waals surface area contributed by atoms with Crippen molar-refractivity contribution in [3.05, 3.63) is 29.8 Å². The molecule has 1 aromatic carbocycles. The van der Waals surface area contributed by atoms with Gasteiger partial charge in [0, 0.05) is 18.7 Å². The summed E-state index contributed by atoms with van der Waals surface area (Å²) in [5, 5.41) is 5.85. The number of nitrogens with one attached hydrogen (secondary N) is 2. The van der Waals surface area contributed by atoms with Gasteiger partial charge in [0.25, 0.3) is 0 Å². The minimum absolute atomic E-state index is 0.0182. The molecule has 0 saturated heterocycles. The molecule has 1 aliphatic heterocycles. The summed E-state index contributed by atoms with van der Waals surface area (Å²) >= 11 is 0. The molecule has 1 atom stereocenters. The third-order valence-electron chi connectivity index (χ3n) is 4.64. The van der Waals surface area contributed by atoms with Gasteiger partial charge in [-0.05, 0) is 24.0 Å². The minimum Gasteiger partial charge on any atom is -0.356 e. The molecule has 3 rings (SSSR count). The van der Waals surface area contributed by atoms with Crippen molar-refractivity contribution in [2.75, 3.05) is 11.9 Å². The summed E-state index contributed by atoms with van der Waals surface area (Å²) in [6, 6.07) is 7.57. The Hall–Kier alpha value is -1.84. The van der Waals surface area contributed by atoms with E-state index in [4.69, 9.17) is 0 Å². The van der Waals surface area contributed by atoms with Crippen LogP contribution < -0.4 is 10.6 Å². The number of rotatable bonds is 4. The average molecular weight is 286 g/mol. The van der Waals surface area contributed by atoms with Gasteiger partial charge in [0.15, 0.2) is 0 Å². The van der Waals surface area contributed by atoms with Crippen molar-refractivity contribution >= 4 is 17.5 Å². The van der Waals surface area contributed by atoms with Crippen molar-refractivity contribution in [1.29, 1.82) is 0 Å². The first-order chi connectivity index (χ1) is 10.2. The molecule has 1 saturated carbocycles. The predicted molar refractivity (Wildman–Crippen MR) is 82.0 cm³/mol. The lowest BCUT2D eigenvalue weighted by molar-refractivity contribution is -0.126. The van der Waals surface area contributed by atoms with E-state index >= 15 is 0 Å². The molecule has 4 heteroatoms. The van der Waals surface area contributed by atoms with E-state index in [2.05, 4.69) is 10.6 Å². The Balaban J connectivity index is 1.60. The number of benzene rings is 1. The molecule has 2 aliphatic rings. The summed E-state index contributed by atoms with van der Waals surface area (Å²) in [5.41, 5.74) is 1.69. The maximum atomic E-state index is 12.4.